The molecule has 1 aliphatic heterocycles. The van der Waals surface area contributed by atoms with E-state index in [4.69, 9.17) is 0 Å². The van der Waals surface area contributed by atoms with Gasteiger partial charge in [0.05, 0.1) is 11.2 Å². The van der Waals surface area contributed by atoms with E-state index in [1.54, 1.807) is 12.4 Å². The Morgan fingerprint density at radius 1 is 1.17 bits per heavy atom. The van der Waals surface area contributed by atoms with Crippen molar-refractivity contribution >= 4 is 34.4 Å². The third-order valence-corrected chi connectivity index (χ3v) is 5.12. The Morgan fingerprint density at radius 2 is 1.97 bits per heavy atom. The number of nitrogens with zero attached hydrogens (tertiary/aromatic N) is 3. The van der Waals surface area contributed by atoms with Crippen molar-refractivity contribution in [1.29, 1.82) is 0 Å². The highest BCUT2D eigenvalue weighted by Gasteiger charge is 2.31. The summed E-state index contributed by atoms with van der Waals surface area (Å²) in [5.74, 6) is 0.192. The number of anilines is 1. The van der Waals surface area contributed by atoms with Crippen molar-refractivity contribution in [2.24, 2.45) is 10.9 Å². The van der Waals surface area contributed by atoms with Crippen LogP contribution in [0.5, 0.6) is 0 Å². The van der Waals surface area contributed by atoms with Gasteiger partial charge in [0.2, 0.25) is 5.91 Å². The van der Waals surface area contributed by atoms with Crippen molar-refractivity contribution in [3.8, 4) is 0 Å². The lowest BCUT2D eigenvalue weighted by Crippen LogP contribution is -2.22. The van der Waals surface area contributed by atoms with E-state index in [0.717, 1.165) is 40.9 Å². The maximum atomic E-state index is 12.5. The van der Waals surface area contributed by atoms with Gasteiger partial charge in [0.15, 0.2) is 0 Å². The average molecular weight is 386 g/mol. The molecule has 3 aromatic rings. The van der Waals surface area contributed by atoms with Gasteiger partial charge in [-0.05, 0) is 48.9 Å². The molecular weight excluding hydrogens is 360 g/mol. The second kappa shape index (κ2) is 8.13. The summed E-state index contributed by atoms with van der Waals surface area (Å²) in [6.07, 6.45) is 3.51. The molecule has 4 rings (SSSR count). The molecule has 0 spiro atoms. The molecule has 1 aliphatic rings. The highest BCUT2D eigenvalue weighted by atomic mass is 16.2. The quantitative estimate of drug-likeness (QED) is 0.621. The molecule has 0 fully saturated rings. The Hall–Kier alpha value is -3.05. The van der Waals surface area contributed by atoms with Crippen LogP contribution >= 0.6 is 0 Å². The maximum Gasteiger partial charge on any atom is 0.237 e. The zero-order chi connectivity index (χ0) is 20.4. The molecular formula is C24H26N4O. The number of benzene rings is 2. The number of amides is 1. The van der Waals surface area contributed by atoms with E-state index >= 15 is 0 Å². The SMILES string of the molecule is CC(C)CN(C)Cc1ccc(N=CC2C(=O)Nc3ccc4ncccc4c32)cc1. The van der Waals surface area contributed by atoms with Crippen LogP contribution in [-0.2, 0) is 11.3 Å². The minimum Gasteiger partial charge on any atom is -0.325 e. The first kappa shape index (κ1) is 19.3. The number of rotatable bonds is 6. The molecule has 5 heteroatoms. The summed E-state index contributed by atoms with van der Waals surface area (Å²) >= 11 is 0. The van der Waals surface area contributed by atoms with Gasteiger partial charge in [-0.3, -0.25) is 14.8 Å². The Kier molecular flexibility index (Phi) is 5.41. The zero-order valence-corrected chi connectivity index (χ0v) is 17.1. The predicted molar refractivity (Wildman–Crippen MR) is 119 cm³/mol. The van der Waals surface area contributed by atoms with Gasteiger partial charge in [-0.1, -0.05) is 32.0 Å². The van der Waals surface area contributed by atoms with E-state index in [0.29, 0.717) is 5.92 Å². The first-order valence-corrected chi connectivity index (χ1v) is 10.0. The number of aromatic nitrogens is 1. The van der Waals surface area contributed by atoms with Gasteiger partial charge in [-0.2, -0.15) is 0 Å². The largest absolute Gasteiger partial charge is 0.325 e. The Bertz CT molecular complexity index is 1060. The monoisotopic (exact) mass is 386 g/mol. The highest BCUT2D eigenvalue weighted by Crippen LogP contribution is 2.37. The molecule has 0 saturated heterocycles. The van der Waals surface area contributed by atoms with Crippen molar-refractivity contribution in [2.45, 2.75) is 26.3 Å². The molecule has 0 radical (unpaired) electrons. The molecule has 1 atom stereocenters. The van der Waals surface area contributed by atoms with Crippen LogP contribution in [0.1, 0.15) is 30.9 Å². The van der Waals surface area contributed by atoms with Gasteiger partial charge in [0.25, 0.3) is 0 Å². The van der Waals surface area contributed by atoms with E-state index in [-0.39, 0.29) is 5.91 Å². The molecule has 1 N–H and O–H groups in total. The van der Waals surface area contributed by atoms with Gasteiger partial charge in [-0.15, -0.1) is 0 Å². The molecule has 0 aliphatic carbocycles. The van der Waals surface area contributed by atoms with E-state index in [1.807, 2.05) is 36.4 Å². The van der Waals surface area contributed by atoms with Crippen LogP contribution in [0.4, 0.5) is 11.4 Å². The zero-order valence-electron chi connectivity index (χ0n) is 17.1. The molecule has 148 valence electrons. The fourth-order valence-electron chi connectivity index (χ4n) is 3.95. The number of hydrogen-bond acceptors (Lipinski definition) is 4. The van der Waals surface area contributed by atoms with Crippen LogP contribution in [-0.4, -0.2) is 35.6 Å². The van der Waals surface area contributed by atoms with Gasteiger partial charge < -0.3 is 10.2 Å². The predicted octanol–water partition coefficient (Wildman–Crippen LogP) is 4.76. The molecule has 2 aromatic carbocycles. The second-order valence-electron chi connectivity index (χ2n) is 8.10. The summed E-state index contributed by atoms with van der Waals surface area (Å²) in [5, 5.41) is 3.95. The number of hydrogen-bond donors (Lipinski definition) is 1. The summed E-state index contributed by atoms with van der Waals surface area (Å²) in [6.45, 7) is 6.44. The number of aliphatic imine (C=N–C) groups is 1. The van der Waals surface area contributed by atoms with Crippen LogP contribution in [0.3, 0.4) is 0 Å². The lowest BCUT2D eigenvalue weighted by atomic mass is 9.97. The van der Waals surface area contributed by atoms with Gasteiger partial charge in [-0.25, -0.2) is 0 Å². The Balaban J connectivity index is 1.53. The smallest absolute Gasteiger partial charge is 0.237 e. The van der Waals surface area contributed by atoms with Crippen LogP contribution < -0.4 is 5.32 Å². The minimum absolute atomic E-state index is 0.0490. The summed E-state index contributed by atoms with van der Waals surface area (Å²) < 4.78 is 0. The molecule has 1 aromatic heterocycles. The minimum atomic E-state index is -0.408. The van der Waals surface area contributed by atoms with Gasteiger partial charge >= 0.3 is 0 Å². The molecule has 0 bridgehead atoms. The van der Waals surface area contributed by atoms with E-state index in [9.17, 15) is 4.79 Å². The fourth-order valence-corrected chi connectivity index (χ4v) is 3.95. The lowest BCUT2D eigenvalue weighted by molar-refractivity contribution is -0.115. The standard InChI is InChI=1S/C24H26N4O/c1-16(2)14-28(3)15-17-6-8-18(9-7-17)26-13-20-23-19-5-4-12-25-21(19)10-11-22(23)27-24(20)29/h4-13,16,20H,14-15H2,1-3H3,(H,27,29). The Labute approximate surface area is 171 Å². The van der Waals surface area contributed by atoms with E-state index in [2.05, 4.69) is 53.2 Å². The number of fused-ring (bicyclic) bond motifs is 3. The topological polar surface area (TPSA) is 57.6 Å². The molecule has 0 saturated carbocycles. The van der Waals surface area contributed by atoms with Crippen LogP contribution in [0, 0.1) is 5.92 Å². The highest BCUT2D eigenvalue weighted by molar-refractivity contribution is 6.16. The van der Waals surface area contributed by atoms with E-state index in [1.165, 1.54) is 5.56 Å². The summed E-state index contributed by atoms with van der Waals surface area (Å²) in [7, 11) is 2.14. The average Bonchev–Trinajstić information content (AvgIpc) is 3.02. The Morgan fingerprint density at radius 3 is 2.72 bits per heavy atom. The van der Waals surface area contributed by atoms with Gasteiger partial charge in [0, 0.05) is 42.1 Å². The normalized spacial score (nSPS) is 16.2. The number of pyridine rings is 1. The van der Waals surface area contributed by atoms with Crippen molar-refractivity contribution < 1.29 is 4.79 Å². The molecule has 2 heterocycles. The van der Waals surface area contributed by atoms with Crippen molar-refractivity contribution in [3.05, 3.63) is 65.9 Å². The van der Waals surface area contributed by atoms with Gasteiger partial charge in [0.1, 0.15) is 5.92 Å². The fraction of sp³-hybridized carbons (Fsp3) is 0.292. The number of carbonyl (C=O) groups is 1. The molecule has 1 unspecified atom stereocenters. The summed E-state index contributed by atoms with van der Waals surface area (Å²) in [5.41, 5.74) is 4.79. The molecule has 29 heavy (non-hydrogen) atoms. The van der Waals surface area contributed by atoms with E-state index < -0.39 is 5.92 Å². The first-order valence-electron chi connectivity index (χ1n) is 10.0. The first-order chi connectivity index (χ1) is 14.0. The lowest BCUT2D eigenvalue weighted by Gasteiger charge is -2.18. The van der Waals surface area contributed by atoms with Crippen molar-refractivity contribution in [2.75, 3.05) is 18.9 Å². The van der Waals surface area contributed by atoms with Crippen LogP contribution in [0.25, 0.3) is 10.9 Å². The summed E-state index contributed by atoms with van der Waals surface area (Å²) in [4.78, 5) is 23.8. The third-order valence-electron chi connectivity index (χ3n) is 5.12. The number of nitrogens with one attached hydrogen (secondary N) is 1. The van der Waals surface area contributed by atoms with Crippen LogP contribution in [0.2, 0.25) is 0 Å². The van der Waals surface area contributed by atoms with Crippen molar-refractivity contribution in [1.82, 2.24) is 9.88 Å². The summed E-state index contributed by atoms with van der Waals surface area (Å²) in [6, 6.07) is 16.0. The number of carbonyl (C=O) groups excluding carboxylic acids is 1. The third kappa shape index (κ3) is 4.20. The molecule has 5 nitrogen and oxygen atoms in total. The molecule has 1 amide bonds. The van der Waals surface area contributed by atoms with Crippen molar-refractivity contribution in [3.63, 3.8) is 0 Å². The second-order valence-corrected chi connectivity index (χ2v) is 8.10. The maximum absolute atomic E-state index is 12.5. The van der Waals surface area contributed by atoms with Crippen LogP contribution in [0.15, 0.2) is 59.7 Å².